The van der Waals surface area contributed by atoms with Crippen molar-refractivity contribution in [2.75, 3.05) is 7.11 Å². The van der Waals surface area contributed by atoms with Crippen molar-refractivity contribution >= 4 is 5.78 Å². The number of methoxy groups -OCH3 is 1. The van der Waals surface area contributed by atoms with Crippen LogP contribution in [-0.2, 0) is 6.42 Å². The fraction of sp³-hybridized carbons (Fsp3) is 0.417. The van der Waals surface area contributed by atoms with Crippen LogP contribution in [0.5, 0.6) is 5.75 Å². The summed E-state index contributed by atoms with van der Waals surface area (Å²) in [5.41, 5.74) is 1.03. The molecule has 1 atom stereocenters. The Morgan fingerprint density at radius 3 is 2.80 bits per heavy atom. The van der Waals surface area contributed by atoms with Gasteiger partial charge in [0.15, 0.2) is 17.3 Å². The summed E-state index contributed by atoms with van der Waals surface area (Å²) in [6.07, 6.45) is 1.13. The first-order valence-corrected chi connectivity index (χ1v) is 5.02. The number of ether oxygens (including phenoxy) is 1. The number of hydrogen-bond acceptors (Lipinski definition) is 2. The molecule has 0 N–H and O–H groups in total. The zero-order valence-electron chi connectivity index (χ0n) is 8.84. The van der Waals surface area contributed by atoms with E-state index in [0.717, 1.165) is 0 Å². The lowest BCUT2D eigenvalue weighted by Gasteiger charge is -2.21. The Kier molecular flexibility index (Phi) is 2.47. The summed E-state index contributed by atoms with van der Waals surface area (Å²) in [5, 5.41) is 0. The molecule has 0 aromatic heterocycles. The maximum atomic E-state index is 13.8. The highest BCUT2D eigenvalue weighted by Gasteiger charge is 2.26. The van der Waals surface area contributed by atoms with Gasteiger partial charge in [0.1, 0.15) is 0 Å². The van der Waals surface area contributed by atoms with Gasteiger partial charge in [-0.3, -0.25) is 4.79 Å². The third-order valence-corrected chi connectivity index (χ3v) is 2.81. The maximum Gasteiger partial charge on any atom is 0.168 e. The van der Waals surface area contributed by atoms with Crippen molar-refractivity contribution in [3.8, 4) is 5.75 Å². The van der Waals surface area contributed by atoms with E-state index in [1.54, 1.807) is 6.07 Å². The average Bonchev–Trinajstić information content (AvgIpc) is 2.19. The van der Waals surface area contributed by atoms with Gasteiger partial charge in [0.2, 0.25) is 0 Å². The first-order chi connectivity index (χ1) is 7.13. The van der Waals surface area contributed by atoms with E-state index >= 15 is 0 Å². The second-order valence-corrected chi connectivity index (χ2v) is 4.04. The summed E-state index contributed by atoms with van der Waals surface area (Å²) in [6.45, 7) is 1.96. The van der Waals surface area contributed by atoms with Crippen molar-refractivity contribution in [2.24, 2.45) is 5.92 Å². The molecule has 0 amide bonds. The van der Waals surface area contributed by atoms with E-state index in [4.69, 9.17) is 4.74 Å². The molecular formula is C12H13FO2. The summed E-state index contributed by atoms with van der Waals surface area (Å²) < 4.78 is 18.7. The van der Waals surface area contributed by atoms with Crippen molar-refractivity contribution in [3.05, 3.63) is 29.1 Å². The predicted octanol–water partition coefficient (Wildman–Crippen LogP) is 2.60. The molecular weight excluding hydrogens is 195 g/mol. The molecule has 2 nitrogen and oxygen atoms in total. The Morgan fingerprint density at radius 2 is 2.13 bits per heavy atom. The average molecular weight is 208 g/mol. The highest BCUT2D eigenvalue weighted by Crippen LogP contribution is 2.31. The van der Waals surface area contributed by atoms with Crippen LogP contribution in [0.25, 0.3) is 0 Å². The van der Waals surface area contributed by atoms with Crippen molar-refractivity contribution < 1.29 is 13.9 Å². The highest BCUT2D eigenvalue weighted by molar-refractivity contribution is 5.98. The zero-order chi connectivity index (χ0) is 11.0. The molecule has 2 rings (SSSR count). The molecule has 0 fully saturated rings. The third-order valence-electron chi connectivity index (χ3n) is 2.81. The Bertz CT molecular complexity index is 412. The summed E-state index contributed by atoms with van der Waals surface area (Å²) in [7, 11) is 1.43. The monoisotopic (exact) mass is 208 g/mol. The molecule has 1 aliphatic rings. The second kappa shape index (κ2) is 3.65. The lowest BCUT2D eigenvalue weighted by molar-refractivity contribution is 0.0952. The van der Waals surface area contributed by atoms with Crippen LogP contribution in [-0.4, -0.2) is 12.9 Å². The fourth-order valence-corrected chi connectivity index (χ4v) is 2.07. The van der Waals surface area contributed by atoms with Gasteiger partial charge in [-0.15, -0.1) is 0 Å². The zero-order valence-corrected chi connectivity index (χ0v) is 8.84. The number of benzene rings is 1. The number of halogens is 1. The summed E-state index contributed by atoms with van der Waals surface area (Å²) in [4.78, 5) is 11.6. The van der Waals surface area contributed by atoms with E-state index in [9.17, 15) is 9.18 Å². The lowest BCUT2D eigenvalue weighted by Crippen LogP contribution is -2.19. The molecule has 0 aliphatic heterocycles. The molecule has 1 aliphatic carbocycles. The Morgan fingerprint density at radius 1 is 1.40 bits per heavy atom. The molecule has 0 saturated heterocycles. The van der Waals surface area contributed by atoms with Gasteiger partial charge in [-0.1, -0.05) is 6.92 Å². The van der Waals surface area contributed by atoms with Crippen LogP contribution in [0, 0.1) is 11.7 Å². The van der Waals surface area contributed by atoms with Crippen LogP contribution in [0.2, 0.25) is 0 Å². The van der Waals surface area contributed by atoms with Gasteiger partial charge < -0.3 is 4.74 Å². The summed E-state index contributed by atoms with van der Waals surface area (Å²) in [5.74, 6) is 0.0856. The quantitative estimate of drug-likeness (QED) is 0.709. The van der Waals surface area contributed by atoms with Crippen molar-refractivity contribution in [2.45, 2.75) is 19.8 Å². The molecule has 15 heavy (non-hydrogen) atoms. The first-order valence-electron chi connectivity index (χ1n) is 5.02. The topological polar surface area (TPSA) is 26.3 Å². The number of rotatable bonds is 1. The normalized spacial score (nSPS) is 19.9. The lowest BCUT2D eigenvalue weighted by atomic mass is 9.83. The van der Waals surface area contributed by atoms with E-state index in [2.05, 4.69) is 0 Å². The first kappa shape index (κ1) is 10.1. The van der Waals surface area contributed by atoms with Crippen molar-refractivity contribution in [1.29, 1.82) is 0 Å². The van der Waals surface area contributed by atoms with E-state index in [1.807, 2.05) is 6.92 Å². The van der Waals surface area contributed by atoms with E-state index in [-0.39, 0.29) is 23.3 Å². The number of hydrogen-bond donors (Lipinski definition) is 0. The minimum Gasteiger partial charge on any atom is -0.494 e. The molecule has 1 aromatic rings. The molecule has 0 bridgehead atoms. The van der Waals surface area contributed by atoms with E-state index in [1.165, 1.54) is 13.2 Å². The van der Waals surface area contributed by atoms with Gasteiger partial charge >= 0.3 is 0 Å². The number of carbonyl (C=O) groups excluding carboxylic acids is 1. The summed E-state index contributed by atoms with van der Waals surface area (Å²) >= 11 is 0. The number of carbonyl (C=O) groups is 1. The molecule has 0 radical (unpaired) electrons. The van der Waals surface area contributed by atoms with Gasteiger partial charge in [0.05, 0.1) is 7.11 Å². The van der Waals surface area contributed by atoms with Gasteiger partial charge in [0, 0.05) is 17.5 Å². The third kappa shape index (κ3) is 1.62. The number of ketones is 1. The van der Waals surface area contributed by atoms with Crippen LogP contribution >= 0.6 is 0 Å². The molecule has 1 unspecified atom stereocenters. The summed E-state index contributed by atoms with van der Waals surface area (Å²) in [6, 6.07) is 3.17. The minimum atomic E-state index is -0.380. The Labute approximate surface area is 88.1 Å². The molecule has 0 heterocycles. The molecule has 80 valence electrons. The molecule has 0 saturated carbocycles. The predicted molar refractivity (Wildman–Crippen MR) is 54.8 cm³/mol. The van der Waals surface area contributed by atoms with Gasteiger partial charge in [-0.25, -0.2) is 4.39 Å². The van der Waals surface area contributed by atoms with E-state index in [0.29, 0.717) is 24.0 Å². The SMILES string of the molecule is COc1ccc2c(c1F)CC(C)CC2=O. The molecule has 1 aromatic carbocycles. The Hall–Kier alpha value is -1.38. The van der Waals surface area contributed by atoms with Crippen LogP contribution in [0.1, 0.15) is 29.3 Å². The smallest absolute Gasteiger partial charge is 0.168 e. The van der Waals surface area contributed by atoms with Crippen LogP contribution < -0.4 is 4.74 Å². The maximum absolute atomic E-state index is 13.8. The van der Waals surface area contributed by atoms with Gasteiger partial charge in [-0.2, -0.15) is 0 Å². The van der Waals surface area contributed by atoms with Crippen LogP contribution in [0.4, 0.5) is 4.39 Å². The van der Waals surface area contributed by atoms with Crippen LogP contribution in [0.15, 0.2) is 12.1 Å². The van der Waals surface area contributed by atoms with Crippen LogP contribution in [0.3, 0.4) is 0 Å². The van der Waals surface area contributed by atoms with Gasteiger partial charge in [0.25, 0.3) is 0 Å². The fourth-order valence-electron chi connectivity index (χ4n) is 2.07. The second-order valence-electron chi connectivity index (χ2n) is 4.04. The highest BCUT2D eigenvalue weighted by atomic mass is 19.1. The number of Topliss-reactive ketones (excluding diaryl/α,β-unsaturated/α-hetero) is 1. The molecule has 3 heteroatoms. The molecule has 0 spiro atoms. The van der Waals surface area contributed by atoms with Crippen molar-refractivity contribution in [3.63, 3.8) is 0 Å². The van der Waals surface area contributed by atoms with E-state index < -0.39 is 0 Å². The Balaban J connectivity index is 2.56. The number of fused-ring (bicyclic) bond motifs is 1. The minimum absolute atomic E-state index is 0.0327. The standard InChI is InChI=1S/C12H13FO2/c1-7-5-9-8(10(14)6-7)3-4-11(15-2)12(9)13/h3-4,7H,5-6H2,1-2H3. The largest absolute Gasteiger partial charge is 0.494 e. The van der Waals surface area contributed by atoms with Crippen molar-refractivity contribution in [1.82, 2.24) is 0 Å². The van der Waals surface area contributed by atoms with Gasteiger partial charge in [-0.05, 0) is 24.5 Å².